The molecule has 5 heteroatoms. The molecule has 0 aliphatic carbocycles. The van der Waals surface area contributed by atoms with Gasteiger partial charge in [0.2, 0.25) is 0 Å². The third kappa shape index (κ3) is 3.09. The highest BCUT2D eigenvalue weighted by molar-refractivity contribution is 9.10. The smallest absolute Gasteiger partial charge is 0.165 e. The van der Waals surface area contributed by atoms with E-state index in [1.807, 2.05) is 0 Å². The summed E-state index contributed by atoms with van der Waals surface area (Å²) in [6.45, 7) is 0. The van der Waals surface area contributed by atoms with E-state index in [-0.39, 0.29) is 11.6 Å². The zero-order valence-electron chi connectivity index (χ0n) is 9.09. The second-order valence-corrected chi connectivity index (χ2v) is 5.04. The number of rotatable bonds is 3. The van der Waals surface area contributed by atoms with Gasteiger partial charge < -0.3 is 4.74 Å². The lowest BCUT2D eigenvalue weighted by Crippen LogP contribution is -1.93. The van der Waals surface area contributed by atoms with Crippen LogP contribution in [-0.4, -0.2) is 0 Å². The summed E-state index contributed by atoms with van der Waals surface area (Å²) in [7, 11) is 0. The Morgan fingerprint density at radius 3 is 2.50 bits per heavy atom. The summed E-state index contributed by atoms with van der Waals surface area (Å²) in [6, 6.07) is 8.51. The Morgan fingerprint density at radius 1 is 1.00 bits per heavy atom. The van der Waals surface area contributed by atoms with Gasteiger partial charge in [-0.3, -0.25) is 0 Å². The van der Waals surface area contributed by atoms with Crippen LogP contribution in [0, 0.1) is 11.6 Å². The number of alkyl halides is 1. The zero-order valence-corrected chi connectivity index (χ0v) is 12.3. The molecule has 0 bridgehead atoms. The minimum Gasteiger partial charge on any atom is -0.454 e. The third-order valence-corrected chi connectivity index (χ3v) is 3.38. The molecule has 94 valence electrons. The van der Waals surface area contributed by atoms with Gasteiger partial charge in [-0.15, -0.1) is 0 Å². The van der Waals surface area contributed by atoms with Crippen LogP contribution < -0.4 is 4.74 Å². The van der Waals surface area contributed by atoms with Crippen molar-refractivity contribution in [2.24, 2.45) is 0 Å². The van der Waals surface area contributed by atoms with Crippen LogP contribution in [0.3, 0.4) is 0 Å². The summed E-state index contributed by atoms with van der Waals surface area (Å²) in [5, 5.41) is 0.426. The molecule has 0 radical (unpaired) electrons. The SMILES string of the molecule is Fc1ccc(Oc2cc(Br)ccc2F)c(CBr)c1. The largest absolute Gasteiger partial charge is 0.454 e. The van der Waals surface area contributed by atoms with Crippen molar-refractivity contribution < 1.29 is 13.5 Å². The summed E-state index contributed by atoms with van der Waals surface area (Å²) in [6.07, 6.45) is 0. The highest BCUT2D eigenvalue weighted by Gasteiger charge is 2.09. The van der Waals surface area contributed by atoms with Gasteiger partial charge in [-0.1, -0.05) is 31.9 Å². The number of halogens is 4. The maximum Gasteiger partial charge on any atom is 0.165 e. The van der Waals surface area contributed by atoms with Gasteiger partial charge in [-0.25, -0.2) is 8.78 Å². The molecular weight excluding hydrogens is 370 g/mol. The monoisotopic (exact) mass is 376 g/mol. The first kappa shape index (κ1) is 13.5. The first-order chi connectivity index (χ1) is 8.60. The van der Waals surface area contributed by atoms with Crippen LogP contribution in [-0.2, 0) is 5.33 Å². The molecule has 0 saturated heterocycles. The molecular formula is C13H8Br2F2O. The fraction of sp³-hybridized carbons (Fsp3) is 0.0769. The van der Waals surface area contributed by atoms with Crippen molar-refractivity contribution in [3.63, 3.8) is 0 Å². The van der Waals surface area contributed by atoms with Crippen molar-refractivity contribution in [2.45, 2.75) is 5.33 Å². The van der Waals surface area contributed by atoms with E-state index >= 15 is 0 Å². The minimum atomic E-state index is -0.469. The topological polar surface area (TPSA) is 9.23 Å². The number of benzene rings is 2. The molecule has 0 fully saturated rings. The molecule has 1 nitrogen and oxygen atoms in total. The number of hydrogen-bond acceptors (Lipinski definition) is 1. The van der Waals surface area contributed by atoms with Crippen LogP contribution in [0.5, 0.6) is 11.5 Å². The van der Waals surface area contributed by atoms with Crippen molar-refractivity contribution in [1.82, 2.24) is 0 Å². The quantitative estimate of drug-likeness (QED) is 0.649. The Kier molecular flexibility index (Phi) is 4.35. The molecule has 2 rings (SSSR count). The third-order valence-electron chi connectivity index (χ3n) is 2.28. The Hall–Kier alpha value is -0.940. The first-order valence-electron chi connectivity index (χ1n) is 5.07. The normalized spacial score (nSPS) is 10.4. The van der Waals surface area contributed by atoms with Gasteiger partial charge in [0, 0.05) is 15.4 Å². The molecule has 0 amide bonds. The predicted molar refractivity (Wildman–Crippen MR) is 73.2 cm³/mol. The number of hydrogen-bond donors (Lipinski definition) is 0. The summed E-state index contributed by atoms with van der Waals surface area (Å²) in [5.41, 5.74) is 0.620. The average molecular weight is 378 g/mol. The Labute approximate surface area is 120 Å². The molecule has 2 aromatic rings. The average Bonchev–Trinajstić information content (AvgIpc) is 2.36. The maximum absolute atomic E-state index is 13.5. The summed E-state index contributed by atoms with van der Waals surface area (Å²) < 4.78 is 32.8. The van der Waals surface area contributed by atoms with Crippen LogP contribution >= 0.6 is 31.9 Å². The molecule has 0 saturated carbocycles. The lowest BCUT2D eigenvalue weighted by atomic mass is 10.2. The van der Waals surface area contributed by atoms with Crippen LogP contribution in [0.25, 0.3) is 0 Å². The standard InChI is InChI=1S/C13H8Br2F2O/c14-7-8-5-10(16)2-4-12(8)18-13-6-9(15)1-3-11(13)17/h1-6H,7H2. The fourth-order valence-electron chi connectivity index (χ4n) is 1.43. The second-order valence-electron chi connectivity index (χ2n) is 3.56. The van der Waals surface area contributed by atoms with E-state index in [1.54, 1.807) is 6.07 Å². The van der Waals surface area contributed by atoms with Gasteiger partial charge in [-0.05, 0) is 36.4 Å². The Morgan fingerprint density at radius 2 is 1.78 bits per heavy atom. The van der Waals surface area contributed by atoms with Crippen LogP contribution in [0.15, 0.2) is 40.9 Å². The summed E-state index contributed by atoms with van der Waals surface area (Å²) in [4.78, 5) is 0. The molecule has 0 unspecified atom stereocenters. The molecule has 0 atom stereocenters. The van der Waals surface area contributed by atoms with E-state index in [9.17, 15) is 8.78 Å². The molecule has 0 spiro atoms. The van der Waals surface area contributed by atoms with E-state index in [0.717, 1.165) is 0 Å². The number of ether oxygens (including phenoxy) is 1. The van der Waals surface area contributed by atoms with Crippen molar-refractivity contribution in [2.75, 3.05) is 0 Å². The van der Waals surface area contributed by atoms with Crippen LogP contribution in [0.2, 0.25) is 0 Å². The molecule has 2 aromatic carbocycles. The molecule has 18 heavy (non-hydrogen) atoms. The lowest BCUT2D eigenvalue weighted by molar-refractivity contribution is 0.437. The van der Waals surface area contributed by atoms with Gasteiger partial charge >= 0.3 is 0 Å². The Bertz CT molecular complexity index is 573. The van der Waals surface area contributed by atoms with Gasteiger partial charge in [0.15, 0.2) is 11.6 Å². The second kappa shape index (κ2) is 5.80. The molecule has 0 aliphatic rings. The first-order valence-corrected chi connectivity index (χ1v) is 6.99. The van der Waals surface area contributed by atoms with E-state index in [2.05, 4.69) is 31.9 Å². The summed E-state index contributed by atoms with van der Waals surface area (Å²) in [5.74, 6) is -0.307. The van der Waals surface area contributed by atoms with E-state index in [4.69, 9.17) is 4.74 Å². The van der Waals surface area contributed by atoms with Crippen molar-refractivity contribution in [3.8, 4) is 11.5 Å². The fourth-order valence-corrected chi connectivity index (χ4v) is 2.20. The molecule has 0 aromatic heterocycles. The molecule has 0 heterocycles. The Balaban J connectivity index is 2.36. The van der Waals surface area contributed by atoms with E-state index < -0.39 is 5.82 Å². The predicted octanol–water partition coefficient (Wildman–Crippen LogP) is 5.41. The maximum atomic E-state index is 13.5. The molecule has 0 aliphatic heterocycles. The minimum absolute atomic E-state index is 0.0955. The van der Waals surface area contributed by atoms with Crippen molar-refractivity contribution in [1.29, 1.82) is 0 Å². The van der Waals surface area contributed by atoms with Gasteiger partial charge in [0.05, 0.1) is 0 Å². The van der Waals surface area contributed by atoms with Gasteiger partial charge in [-0.2, -0.15) is 0 Å². The highest BCUT2D eigenvalue weighted by atomic mass is 79.9. The van der Waals surface area contributed by atoms with Crippen molar-refractivity contribution >= 4 is 31.9 Å². The van der Waals surface area contributed by atoms with E-state index in [0.29, 0.717) is 21.1 Å². The van der Waals surface area contributed by atoms with Crippen LogP contribution in [0.4, 0.5) is 8.78 Å². The summed E-state index contributed by atoms with van der Waals surface area (Å²) >= 11 is 6.48. The van der Waals surface area contributed by atoms with Crippen LogP contribution in [0.1, 0.15) is 5.56 Å². The zero-order chi connectivity index (χ0) is 13.1. The lowest BCUT2D eigenvalue weighted by Gasteiger charge is -2.10. The highest BCUT2D eigenvalue weighted by Crippen LogP contribution is 2.31. The molecule has 0 N–H and O–H groups in total. The van der Waals surface area contributed by atoms with Gasteiger partial charge in [0.1, 0.15) is 11.6 Å². The van der Waals surface area contributed by atoms with E-state index in [1.165, 1.54) is 30.3 Å². The van der Waals surface area contributed by atoms with Gasteiger partial charge in [0.25, 0.3) is 0 Å². The van der Waals surface area contributed by atoms with Crippen molar-refractivity contribution in [3.05, 3.63) is 58.1 Å².